The van der Waals surface area contributed by atoms with Crippen LogP contribution in [0.1, 0.15) is 56.6 Å². The summed E-state index contributed by atoms with van der Waals surface area (Å²) in [4.78, 5) is 98.1. The lowest BCUT2D eigenvalue weighted by atomic mass is 10.1. The van der Waals surface area contributed by atoms with E-state index in [2.05, 4.69) is 26.6 Å². The molecular formula is C35H45N5O13. The average molecular weight is 744 g/mol. The largest absolute Gasteiger partial charge is 0.481 e. The number of amides is 5. The van der Waals surface area contributed by atoms with E-state index in [-0.39, 0.29) is 39.2 Å². The van der Waals surface area contributed by atoms with Gasteiger partial charge in [0.1, 0.15) is 31.3 Å². The molecule has 0 aliphatic heterocycles. The van der Waals surface area contributed by atoms with Crippen molar-refractivity contribution in [2.45, 2.75) is 76.8 Å². The van der Waals surface area contributed by atoms with E-state index in [0.717, 1.165) is 5.56 Å². The number of carbonyl (C=O) groups excluding carboxylic acids is 6. The van der Waals surface area contributed by atoms with Crippen LogP contribution in [0.5, 0.6) is 0 Å². The van der Waals surface area contributed by atoms with E-state index in [1.165, 1.54) is 6.92 Å². The SMILES string of the molecule is CCOC(=O)[C@H](CCC(=O)O)NC(=O)[C@H](CC(=O)O)NC(=O)CNC(=O)[C@H](CCCCNC(=O)OCc1ccccc1)NC(=O)OCc1ccccc1. The summed E-state index contributed by atoms with van der Waals surface area (Å²) < 4.78 is 15.2. The normalized spacial score (nSPS) is 12.1. The van der Waals surface area contributed by atoms with Crippen molar-refractivity contribution in [3.05, 3.63) is 71.8 Å². The Balaban J connectivity index is 1.97. The zero-order valence-electron chi connectivity index (χ0n) is 29.2. The first kappa shape index (κ1) is 43.0. The Hall–Kier alpha value is -6.20. The Kier molecular flexibility index (Phi) is 19.5. The molecule has 0 aliphatic rings. The predicted molar refractivity (Wildman–Crippen MR) is 185 cm³/mol. The Labute approximate surface area is 305 Å². The first-order valence-electron chi connectivity index (χ1n) is 16.8. The molecule has 0 spiro atoms. The summed E-state index contributed by atoms with van der Waals surface area (Å²) in [7, 11) is 0. The molecule has 7 N–H and O–H groups in total. The fourth-order valence-electron chi connectivity index (χ4n) is 4.57. The highest BCUT2D eigenvalue weighted by Gasteiger charge is 2.30. The van der Waals surface area contributed by atoms with Crippen LogP contribution in [0.3, 0.4) is 0 Å². The number of rotatable bonds is 23. The highest BCUT2D eigenvalue weighted by molar-refractivity contribution is 5.95. The van der Waals surface area contributed by atoms with E-state index >= 15 is 0 Å². The number of alkyl carbamates (subject to hydrolysis) is 2. The van der Waals surface area contributed by atoms with Crippen molar-refractivity contribution >= 4 is 47.8 Å². The smallest absolute Gasteiger partial charge is 0.408 e. The van der Waals surface area contributed by atoms with Gasteiger partial charge in [-0.05, 0) is 43.7 Å². The van der Waals surface area contributed by atoms with Crippen LogP contribution in [-0.4, -0.2) is 95.9 Å². The molecule has 0 saturated carbocycles. The first-order chi connectivity index (χ1) is 25.4. The summed E-state index contributed by atoms with van der Waals surface area (Å²) in [5, 5.41) is 30.1. The number of benzene rings is 2. The molecule has 2 aromatic rings. The summed E-state index contributed by atoms with van der Waals surface area (Å²) in [6.45, 7) is 0.874. The van der Waals surface area contributed by atoms with E-state index in [1.54, 1.807) is 42.5 Å². The topological polar surface area (TPSA) is 265 Å². The predicted octanol–water partition coefficient (Wildman–Crippen LogP) is 1.37. The molecule has 288 valence electrons. The van der Waals surface area contributed by atoms with Crippen LogP contribution in [-0.2, 0) is 56.2 Å². The summed E-state index contributed by atoms with van der Waals surface area (Å²) >= 11 is 0. The van der Waals surface area contributed by atoms with Crippen LogP contribution in [0, 0.1) is 0 Å². The number of hydrogen-bond acceptors (Lipinski definition) is 11. The number of carbonyl (C=O) groups is 8. The van der Waals surface area contributed by atoms with E-state index in [1.807, 2.05) is 18.2 Å². The number of nitrogens with one attached hydrogen (secondary N) is 5. The highest BCUT2D eigenvalue weighted by Crippen LogP contribution is 2.06. The van der Waals surface area contributed by atoms with Gasteiger partial charge in [-0.3, -0.25) is 24.0 Å². The molecule has 5 amide bonds. The van der Waals surface area contributed by atoms with Crippen LogP contribution in [0.2, 0.25) is 0 Å². The number of hydrogen-bond donors (Lipinski definition) is 7. The quantitative estimate of drug-likeness (QED) is 0.0482. The average Bonchev–Trinajstić information content (AvgIpc) is 3.13. The Morgan fingerprint density at radius 1 is 0.623 bits per heavy atom. The molecule has 0 saturated heterocycles. The van der Waals surface area contributed by atoms with Crippen molar-refractivity contribution in [3.63, 3.8) is 0 Å². The molecule has 2 aromatic carbocycles. The summed E-state index contributed by atoms with van der Waals surface area (Å²) in [6.07, 6.45) is -2.57. The van der Waals surface area contributed by atoms with Crippen LogP contribution in [0.25, 0.3) is 0 Å². The maximum atomic E-state index is 13.1. The highest BCUT2D eigenvalue weighted by atomic mass is 16.6. The van der Waals surface area contributed by atoms with E-state index in [4.69, 9.17) is 19.3 Å². The standard InChI is InChI=1S/C35H45N5O13/c1-2-51-33(48)26(16-17-29(42)43)39-32(47)27(19-30(44)45)38-28(41)20-37-31(46)25(40-35(50)53-22-24-13-7-4-8-14-24)15-9-10-18-36-34(49)52-21-23-11-5-3-6-12-23/h3-8,11-14,25-27H,2,9-10,15-22H2,1H3,(H,36,49)(H,37,46)(H,38,41)(H,39,47)(H,40,50)(H,42,43)(H,44,45)/t25-,26-,27-/m0/s1. The van der Waals surface area contributed by atoms with Crippen LogP contribution >= 0.6 is 0 Å². The van der Waals surface area contributed by atoms with Gasteiger partial charge in [0.25, 0.3) is 0 Å². The number of aliphatic carboxylic acids is 2. The summed E-state index contributed by atoms with van der Waals surface area (Å²) in [5.74, 6) is -6.58. The van der Waals surface area contributed by atoms with Gasteiger partial charge < -0.3 is 51.0 Å². The number of ether oxygens (including phenoxy) is 3. The molecule has 0 fully saturated rings. The Morgan fingerprint density at radius 2 is 1.23 bits per heavy atom. The fourth-order valence-corrected chi connectivity index (χ4v) is 4.57. The molecule has 0 bridgehead atoms. The minimum absolute atomic E-state index is 0.0598. The molecule has 53 heavy (non-hydrogen) atoms. The third kappa shape index (κ3) is 18.6. The second-order valence-electron chi connectivity index (χ2n) is 11.4. The van der Waals surface area contributed by atoms with Crippen molar-refractivity contribution < 1.29 is 62.8 Å². The Morgan fingerprint density at radius 3 is 1.79 bits per heavy atom. The van der Waals surface area contributed by atoms with Gasteiger partial charge in [-0.25, -0.2) is 14.4 Å². The second-order valence-corrected chi connectivity index (χ2v) is 11.4. The van der Waals surface area contributed by atoms with Gasteiger partial charge in [-0.2, -0.15) is 0 Å². The lowest BCUT2D eigenvalue weighted by Crippen LogP contribution is -2.55. The van der Waals surface area contributed by atoms with Gasteiger partial charge in [-0.1, -0.05) is 60.7 Å². The van der Waals surface area contributed by atoms with E-state index in [0.29, 0.717) is 18.4 Å². The zero-order chi connectivity index (χ0) is 39.0. The molecule has 18 heteroatoms. The minimum Gasteiger partial charge on any atom is -0.481 e. The van der Waals surface area contributed by atoms with Gasteiger partial charge in [0.2, 0.25) is 17.7 Å². The van der Waals surface area contributed by atoms with Gasteiger partial charge in [0, 0.05) is 13.0 Å². The number of carboxylic acid groups (broad SMARTS) is 2. The van der Waals surface area contributed by atoms with Crippen LogP contribution in [0.4, 0.5) is 9.59 Å². The molecule has 3 atom stereocenters. The minimum atomic E-state index is -1.72. The van der Waals surface area contributed by atoms with Gasteiger partial charge in [0.05, 0.1) is 19.6 Å². The van der Waals surface area contributed by atoms with Gasteiger partial charge in [-0.15, -0.1) is 0 Å². The summed E-state index contributed by atoms with van der Waals surface area (Å²) in [5.41, 5.74) is 1.51. The first-order valence-corrected chi connectivity index (χ1v) is 16.8. The van der Waals surface area contributed by atoms with Crippen molar-refractivity contribution in [1.82, 2.24) is 26.6 Å². The molecule has 0 radical (unpaired) electrons. The number of esters is 1. The Bertz CT molecular complexity index is 1520. The van der Waals surface area contributed by atoms with Crippen LogP contribution < -0.4 is 26.6 Å². The fraction of sp³-hybridized carbons (Fsp3) is 0.429. The van der Waals surface area contributed by atoms with E-state index < -0.39 is 85.3 Å². The molecule has 0 aromatic heterocycles. The zero-order valence-corrected chi connectivity index (χ0v) is 29.2. The van der Waals surface area contributed by atoms with Crippen molar-refractivity contribution in [2.75, 3.05) is 19.7 Å². The molecule has 0 heterocycles. The molecule has 18 nitrogen and oxygen atoms in total. The molecular weight excluding hydrogens is 698 g/mol. The number of unbranched alkanes of at least 4 members (excludes halogenated alkanes) is 1. The lowest BCUT2D eigenvalue weighted by molar-refractivity contribution is -0.148. The summed E-state index contributed by atoms with van der Waals surface area (Å²) in [6, 6.07) is 13.5. The third-order valence-corrected chi connectivity index (χ3v) is 7.21. The van der Waals surface area contributed by atoms with Gasteiger partial charge in [0.15, 0.2) is 0 Å². The van der Waals surface area contributed by atoms with Crippen LogP contribution in [0.15, 0.2) is 60.7 Å². The monoisotopic (exact) mass is 743 g/mol. The molecule has 0 aliphatic carbocycles. The van der Waals surface area contributed by atoms with Gasteiger partial charge >= 0.3 is 30.1 Å². The van der Waals surface area contributed by atoms with E-state index in [9.17, 15) is 43.5 Å². The maximum absolute atomic E-state index is 13.1. The lowest BCUT2D eigenvalue weighted by Gasteiger charge is -2.22. The third-order valence-electron chi connectivity index (χ3n) is 7.21. The van der Waals surface area contributed by atoms with Crippen molar-refractivity contribution in [2.24, 2.45) is 0 Å². The molecule has 2 rings (SSSR count). The molecule has 0 unspecified atom stereocenters. The second kappa shape index (κ2) is 24.1. The maximum Gasteiger partial charge on any atom is 0.408 e. The number of carboxylic acids is 2. The van der Waals surface area contributed by atoms with Crippen molar-refractivity contribution in [1.29, 1.82) is 0 Å². The van der Waals surface area contributed by atoms with Crippen molar-refractivity contribution in [3.8, 4) is 0 Å².